The van der Waals surface area contributed by atoms with Crippen LogP contribution < -0.4 is 5.32 Å². The molecule has 1 amide bonds. The fourth-order valence-electron chi connectivity index (χ4n) is 2.00. The molecule has 2 aromatic rings. The number of benzene rings is 2. The van der Waals surface area contributed by atoms with Gasteiger partial charge in [0, 0.05) is 5.56 Å². The van der Waals surface area contributed by atoms with Crippen molar-refractivity contribution in [3.63, 3.8) is 0 Å². The zero-order valence-electron chi connectivity index (χ0n) is 11.4. The van der Waals surface area contributed by atoms with Crippen molar-refractivity contribution >= 4 is 11.6 Å². The third-order valence-electron chi connectivity index (χ3n) is 3.05. The minimum atomic E-state index is -0.198. The molecular formula is C17H16N2O. The Labute approximate surface area is 118 Å². The highest BCUT2D eigenvalue weighted by Crippen LogP contribution is 2.15. The summed E-state index contributed by atoms with van der Waals surface area (Å²) in [6, 6.07) is 16.6. The number of hydrogen-bond acceptors (Lipinski definition) is 2. The highest BCUT2D eigenvalue weighted by Gasteiger charge is 2.08. The largest absolute Gasteiger partial charge is 0.321 e. The summed E-state index contributed by atoms with van der Waals surface area (Å²) in [6.07, 6.45) is 2.10. The Kier molecular flexibility index (Phi) is 4.52. The summed E-state index contributed by atoms with van der Waals surface area (Å²) in [7, 11) is 0. The van der Waals surface area contributed by atoms with Gasteiger partial charge in [-0.15, -0.1) is 0 Å². The predicted molar refractivity (Wildman–Crippen MR) is 79.5 cm³/mol. The van der Waals surface area contributed by atoms with Gasteiger partial charge in [-0.25, -0.2) is 0 Å². The van der Waals surface area contributed by atoms with E-state index >= 15 is 0 Å². The Balaban J connectivity index is 2.14. The highest BCUT2D eigenvalue weighted by molar-refractivity contribution is 6.04. The Morgan fingerprint density at radius 1 is 1.15 bits per heavy atom. The molecule has 0 aliphatic heterocycles. The lowest BCUT2D eigenvalue weighted by Crippen LogP contribution is -2.12. The van der Waals surface area contributed by atoms with Crippen LogP contribution in [0.3, 0.4) is 0 Å². The smallest absolute Gasteiger partial charge is 0.255 e. The molecule has 0 saturated carbocycles. The minimum absolute atomic E-state index is 0.198. The molecule has 3 heteroatoms. The van der Waals surface area contributed by atoms with E-state index in [1.165, 1.54) is 5.56 Å². The summed E-state index contributed by atoms with van der Waals surface area (Å²) in [5.74, 6) is -0.198. The molecule has 1 N–H and O–H groups in total. The first-order valence-electron chi connectivity index (χ1n) is 6.64. The average Bonchev–Trinajstić information content (AvgIpc) is 2.49. The molecule has 0 aliphatic carbocycles. The number of aryl methyl sites for hydroxylation is 1. The van der Waals surface area contributed by atoms with E-state index in [0.717, 1.165) is 12.8 Å². The Morgan fingerprint density at radius 2 is 1.85 bits per heavy atom. The molecule has 20 heavy (non-hydrogen) atoms. The average molecular weight is 264 g/mol. The van der Waals surface area contributed by atoms with E-state index in [-0.39, 0.29) is 5.91 Å². The zero-order valence-corrected chi connectivity index (χ0v) is 11.4. The normalized spacial score (nSPS) is 9.80. The van der Waals surface area contributed by atoms with E-state index < -0.39 is 0 Å². The van der Waals surface area contributed by atoms with Crippen molar-refractivity contribution in [2.75, 3.05) is 5.32 Å². The summed E-state index contributed by atoms with van der Waals surface area (Å²) < 4.78 is 0. The summed E-state index contributed by atoms with van der Waals surface area (Å²) in [6.45, 7) is 2.12. The molecule has 100 valence electrons. The number of amides is 1. The van der Waals surface area contributed by atoms with Gasteiger partial charge in [-0.1, -0.05) is 37.6 Å². The van der Waals surface area contributed by atoms with Crippen molar-refractivity contribution in [3.8, 4) is 6.07 Å². The van der Waals surface area contributed by atoms with Crippen molar-refractivity contribution in [1.82, 2.24) is 0 Å². The number of rotatable bonds is 4. The maximum atomic E-state index is 12.1. The van der Waals surface area contributed by atoms with E-state index in [2.05, 4.69) is 18.3 Å². The molecule has 0 aromatic heterocycles. The Morgan fingerprint density at radius 3 is 2.50 bits per heavy atom. The number of nitriles is 1. The molecule has 3 nitrogen and oxygen atoms in total. The second-order valence-electron chi connectivity index (χ2n) is 4.56. The second kappa shape index (κ2) is 6.53. The van der Waals surface area contributed by atoms with Crippen LogP contribution >= 0.6 is 0 Å². The Hall–Kier alpha value is -2.60. The van der Waals surface area contributed by atoms with Crippen LogP contribution in [0, 0.1) is 11.3 Å². The fraction of sp³-hybridized carbons (Fsp3) is 0.176. The third-order valence-corrected chi connectivity index (χ3v) is 3.05. The van der Waals surface area contributed by atoms with Gasteiger partial charge in [-0.3, -0.25) is 4.79 Å². The van der Waals surface area contributed by atoms with Crippen LogP contribution in [0.5, 0.6) is 0 Å². The van der Waals surface area contributed by atoms with Gasteiger partial charge < -0.3 is 5.32 Å². The number of carbonyl (C=O) groups is 1. The van der Waals surface area contributed by atoms with Gasteiger partial charge in [0.05, 0.1) is 11.3 Å². The zero-order chi connectivity index (χ0) is 14.4. The van der Waals surface area contributed by atoms with Crippen molar-refractivity contribution < 1.29 is 4.79 Å². The second-order valence-corrected chi connectivity index (χ2v) is 4.56. The van der Waals surface area contributed by atoms with Gasteiger partial charge in [-0.2, -0.15) is 5.26 Å². The number of hydrogen-bond donors (Lipinski definition) is 1. The van der Waals surface area contributed by atoms with Crippen molar-refractivity contribution in [2.24, 2.45) is 0 Å². The Bertz CT molecular complexity index is 639. The predicted octanol–water partition coefficient (Wildman–Crippen LogP) is 3.76. The topological polar surface area (TPSA) is 52.9 Å². The molecule has 0 unspecified atom stereocenters. The molecule has 0 aliphatic rings. The van der Waals surface area contributed by atoms with Crippen LogP contribution in [-0.2, 0) is 6.42 Å². The third kappa shape index (κ3) is 3.24. The molecular weight excluding hydrogens is 248 g/mol. The number of anilines is 1. The van der Waals surface area contributed by atoms with Crippen LogP contribution in [0.1, 0.15) is 34.8 Å². The summed E-state index contributed by atoms with van der Waals surface area (Å²) >= 11 is 0. The number of para-hydroxylation sites is 1. The molecule has 0 atom stereocenters. The first kappa shape index (κ1) is 13.8. The van der Waals surface area contributed by atoms with E-state index in [9.17, 15) is 4.79 Å². The molecule has 0 fully saturated rings. The van der Waals surface area contributed by atoms with Crippen LogP contribution in [0.4, 0.5) is 5.69 Å². The molecule has 0 heterocycles. The molecule has 2 rings (SSSR count). The van der Waals surface area contributed by atoms with E-state index in [1.807, 2.05) is 24.3 Å². The number of carbonyl (C=O) groups excluding carboxylic acids is 1. The van der Waals surface area contributed by atoms with Gasteiger partial charge in [0.25, 0.3) is 5.91 Å². The summed E-state index contributed by atoms with van der Waals surface area (Å²) in [5.41, 5.74) is 2.82. The first-order valence-corrected chi connectivity index (χ1v) is 6.64. The first-order chi connectivity index (χ1) is 9.74. The van der Waals surface area contributed by atoms with Gasteiger partial charge in [0.1, 0.15) is 6.07 Å². The molecule has 0 radical (unpaired) electrons. The van der Waals surface area contributed by atoms with Crippen LogP contribution in [0.15, 0.2) is 48.5 Å². The SMILES string of the molecule is CCCc1ccc(C(=O)Nc2ccccc2C#N)cc1. The summed E-state index contributed by atoms with van der Waals surface area (Å²) in [5, 5.41) is 11.8. The van der Waals surface area contributed by atoms with Crippen molar-refractivity contribution in [3.05, 3.63) is 65.2 Å². The number of nitrogens with zero attached hydrogens (tertiary/aromatic N) is 1. The minimum Gasteiger partial charge on any atom is -0.321 e. The molecule has 0 spiro atoms. The lowest BCUT2D eigenvalue weighted by atomic mass is 10.1. The highest BCUT2D eigenvalue weighted by atomic mass is 16.1. The van der Waals surface area contributed by atoms with Crippen LogP contribution in [0.2, 0.25) is 0 Å². The van der Waals surface area contributed by atoms with Gasteiger partial charge in [0.2, 0.25) is 0 Å². The molecule has 0 bridgehead atoms. The number of nitrogens with one attached hydrogen (secondary N) is 1. The lowest BCUT2D eigenvalue weighted by Gasteiger charge is -2.07. The van der Waals surface area contributed by atoms with E-state index in [0.29, 0.717) is 16.8 Å². The summed E-state index contributed by atoms with van der Waals surface area (Å²) in [4.78, 5) is 12.1. The fourth-order valence-corrected chi connectivity index (χ4v) is 2.00. The maximum Gasteiger partial charge on any atom is 0.255 e. The van der Waals surface area contributed by atoms with Crippen molar-refractivity contribution in [2.45, 2.75) is 19.8 Å². The van der Waals surface area contributed by atoms with Crippen LogP contribution in [0.25, 0.3) is 0 Å². The standard InChI is InChI=1S/C17H16N2O/c1-2-5-13-8-10-14(11-9-13)17(20)19-16-7-4-3-6-15(16)12-18/h3-4,6-11H,2,5H2,1H3,(H,19,20). The lowest BCUT2D eigenvalue weighted by molar-refractivity contribution is 0.102. The van der Waals surface area contributed by atoms with E-state index in [4.69, 9.17) is 5.26 Å². The van der Waals surface area contributed by atoms with Gasteiger partial charge in [0.15, 0.2) is 0 Å². The van der Waals surface area contributed by atoms with Crippen LogP contribution in [-0.4, -0.2) is 5.91 Å². The molecule has 2 aromatic carbocycles. The van der Waals surface area contributed by atoms with E-state index in [1.54, 1.807) is 24.3 Å². The monoisotopic (exact) mass is 264 g/mol. The van der Waals surface area contributed by atoms with Crippen molar-refractivity contribution in [1.29, 1.82) is 5.26 Å². The van der Waals surface area contributed by atoms with Gasteiger partial charge in [-0.05, 0) is 36.2 Å². The van der Waals surface area contributed by atoms with Gasteiger partial charge >= 0.3 is 0 Å². The molecule has 0 saturated heterocycles. The quantitative estimate of drug-likeness (QED) is 0.914. The maximum absolute atomic E-state index is 12.1.